The molecule has 0 spiro atoms. The fraction of sp³-hybridized carbons (Fsp3) is 0.429. The van der Waals surface area contributed by atoms with E-state index in [4.69, 9.17) is 14.8 Å². The summed E-state index contributed by atoms with van der Waals surface area (Å²) < 4.78 is 5.82. The minimum atomic E-state index is -0.261. The molecule has 1 aromatic carbocycles. The van der Waals surface area contributed by atoms with Gasteiger partial charge in [-0.25, -0.2) is 4.98 Å². The molecule has 2 aromatic heterocycles. The summed E-state index contributed by atoms with van der Waals surface area (Å²) in [6, 6.07) is 8.62. The molecule has 29 heavy (non-hydrogen) atoms. The topological polar surface area (TPSA) is 111 Å². The van der Waals surface area contributed by atoms with Crippen molar-refractivity contribution in [3.05, 3.63) is 46.0 Å². The van der Waals surface area contributed by atoms with E-state index in [-0.39, 0.29) is 11.5 Å². The number of H-pyrrole nitrogens is 1. The highest BCUT2D eigenvalue weighted by Gasteiger charge is 2.34. The zero-order valence-electron chi connectivity index (χ0n) is 16.1. The first-order valence-corrected chi connectivity index (χ1v) is 10.2. The summed E-state index contributed by atoms with van der Waals surface area (Å²) in [5.74, 6) is 1.29. The first-order chi connectivity index (χ1) is 14.2. The second-order valence-corrected chi connectivity index (χ2v) is 7.90. The molecule has 0 radical (unpaired) electrons. The zero-order chi connectivity index (χ0) is 19.8. The Kier molecular flexibility index (Phi) is 4.54. The summed E-state index contributed by atoms with van der Waals surface area (Å²) in [4.78, 5) is 26.7. The van der Waals surface area contributed by atoms with Crippen molar-refractivity contribution in [2.24, 2.45) is 0 Å². The summed E-state index contributed by atoms with van der Waals surface area (Å²) in [7, 11) is 0. The van der Waals surface area contributed by atoms with Gasteiger partial charge in [0, 0.05) is 25.3 Å². The van der Waals surface area contributed by atoms with Gasteiger partial charge in [-0.15, -0.1) is 0 Å². The van der Waals surface area contributed by atoms with Crippen molar-refractivity contribution in [3.63, 3.8) is 0 Å². The van der Waals surface area contributed by atoms with Gasteiger partial charge in [0.05, 0.1) is 11.5 Å². The monoisotopic (exact) mass is 392 g/mol. The van der Waals surface area contributed by atoms with Gasteiger partial charge in [-0.3, -0.25) is 4.79 Å². The second-order valence-electron chi connectivity index (χ2n) is 7.90. The lowest BCUT2D eigenvalue weighted by atomic mass is 9.95. The van der Waals surface area contributed by atoms with E-state index in [1.165, 1.54) is 19.3 Å². The van der Waals surface area contributed by atoms with E-state index in [1.807, 2.05) is 29.2 Å². The highest BCUT2D eigenvalue weighted by Crippen LogP contribution is 2.32. The van der Waals surface area contributed by atoms with Crippen LogP contribution in [-0.2, 0) is 0 Å². The van der Waals surface area contributed by atoms with Crippen LogP contribution in [0.3, 0.4) is 0 Å². The number of aromatic nitrogens is 3. The first kappa shape index (κ1) is 17.9. The Bertz CT molecular complexity index is 1060. The molecule has 1 aliphatic carbocycles. The molecular weight excluding hydrogens is 368 g/mol. The molecule has 2 fully saturated rings. The van der Waals surface area contributed by atoms with E-state index >= 15 is 0 Å². The number of anilines is 2. The minimum absolute atomic E-state index is 0.101. The van der Waals surface area contributed by atoms with E-state index in [9.17, 15) is 4.79 Å². The molecule has 0 atom stereocenters. The fourth-order valence-electron chi connectivity index (χ4n) is 4.18. The summed E-state index contributed by atoms with van der Waals surface area (Å²) in [5, 5.41) is 11.0. The molecule has 1 saturated heterocycles. The summed E-state index contributed by atoms with van der Waals surface area (Å²) in [6.07, 6.45) is 6.89. The van der Waals surface area contributed by atoms with Gasteiger partial charge in [0.25, 0.3) is 11.6 Å². The van der Waals surface area contributed by atoms with Gasteiger partial charge < -0.3 is 25.0 Å². The van der Waals surface area contributed by atoms with Crippen molar-refractivity contribution in [1.29, 1.82) is 5.41 Å². The Balaban J connectivity index is 1.34. The lowest BCUT2D eigenvalue weighted by Crippen LogP contribution is -2.46. The van der Waals surface area contributed by atoms with Gasteiger partial charge in [-0.1, -0.05) is 31.4 Å². The van der Waals surface area contributed by atoms with Crippen LogP contribution in [0.1, 0.15) is 49.4 Å². The minimum Gasteiger partial charge on any atom is -0.423 e. The standard InChI is InChI=1S/C21H24N6O2/c22-10-15-19(23-14-6-2-1-3-7-14)25-18(26-20(15)28)13-11-27(12-13)21-24-16-8-4-5-9-17(16)29-21/h4-5,8-10,13-14,22H,1-3,6-7,11-12H2,(H2,23,25,26,28). The molecule has 0 amide bonds. The van der Waals surface area contributed by atoms with Crippen LogP contribution in [0.4, 0.5) is 11.8 Å². The Labute approximate surface area is 167 Å². The third kappa shape index (κ3) is 3.39. The number of hydrogen-bond donors (Lipinski definition) is 3. The number of nitrogens with one attached hydrogen (secondary N) is 3. The number of fused-ring (bicyclic) bond motifs is 1. The van der Waals surface area contributed by atoms with Crippen molar-refractivity contribution < 1.29 is 4.42 Å². The highest BCUT2D eigenvalue weighted by atomic mass is 16.4. The summed E-state index contributed by atoms with van der Waals surface area (Å²) >= 11 is 0. The molecule has 3 heterocycles. The SMILES string of the molecule is N=Cc1c(NC2CCCCC2)nc(C2CN(c3nc4ccccc4o3)C2)[nH]c1=O. The second kappa shape index (κ2) is 7.35. The molecule has 2 aliphatic rings. The Morgan fingerprint density at radius 2 is 1.97 bits per heavy atom. The van der Waals surface area contributed by atoms with Crippen LogP contribution in [-0.4, -0.2) is 40.3 Å². The van der Waals surface area contributed by atoms with Gasteiger partial charge in [0.1, 0.15) is 17.2 Å². The van der Waals surface area contributed by atoms with Gasteiger partial charge >= 0.3 is 0 Å². The smallest absolute Gasteiger partial charge is 0.298 e. The number of oxazole rings is 1. The van der Waals surface area contributed by atoms with E-state index in [2.05, 4.69) is 15.3 Å². The third-order valence-electron chi connectivity index (χ3n) is 5.89. The van der Waals surface area contributed by atoms with Crippen molar-refractivity contribution in [2.75, 3.05) is 23.3 Å². The molecule has 8 nitrogen and oxygen atoms in total. The third-order valence-corrected chi connectivity index (χ3v) is 5.89. The number of nitrogens with zero attached hydrogens (tertiary/aromatic N) is 3. The van der Waals surface area contributed by atoms with Crippen molar-refractivity contribution in [1.82, 2.24) is 15.0 Å². The van der Waals surface area contributed by atoms with Crippen LogP contribution >= 0.6 is 0 Å². The van der Waals surface area contributed by atoms with Crippen LogP contribution in [0.5, 0.6) is 0 Å². The Morgan fingerprint density at radius 3 is 2.72 bits per heavy atom. The van der Waals surface area contributed by atoms with E-state index in [0.29, 0.717) is 42.4 Å². The quantitative estimate of drug-likeness (QED) is 0.575. The van der Waals surface area contributed by atoms with E-state index < -0.39 is 0 Å². The van der Waals surface area contributed by atoms with E-state index in [1.54, 1.807) is 0 Å². The molecule has 8 heteroatoms. The Hall–Kier alpha value is -3.16. The number of aromatic amines is 1. The molecule has 1 saturated carbocycles. The number of para-hydroxylation sites is 2. The van der Waals surface area contributed by atoms with Gasteiger partial charge in [-0.05, 0) is 25.0 Å². The maximum Gasteiger partial charge on any atom is 0.298 e. The number of hydrogen-bond acceptors (Lipinski definition) is 7. The molecule has 150 valence electrons. The van der Waals surface area contributed by atoms with Crippen LogP contribution in [0.25, 0.3) is 11.1 Å². The maximum absolute atomic E-state index is 12.5. The molecule has 3 aromatic rings. The van der Waals surface area contributed by atoms with E-state index in [0.717, 1.165) is 30.2 Å². The fourth-order valence-corrected chi connectivity index (χ4v) is 4.18. The maximum atomic E-state index is 12.5. The molecular formula is C21H24N6O2. The number of benzene rings is 1. The summed E-state index contributed by atoms with van der Waals surface area (Å²) in [6.45, 7) is 1.37. The molecule has 0 unspecified atom stereocenters. The van der Waals surface area contributed by atoms with Gasteiger partial charge in [-0.2, -0.15) is 4.98 Å². The van der Waals surface area contributed by atoms with Crippen molar-refractivity contribution >= 4 is 29.1 Å². The molecule has 0 bridgehead atoms. The molecule has 1 aliphatic heterocycles. The van der Waals surface area contributed by atoms with Gasteiger partial charge in [0.2, 0.25) is 0 Å². The van der Waals surface area contributed by atoms with Crippen LogP contribution in [0, 0.1) is 5.41 Å². The van der Waals surface area contributed by atoms with Crippen molar-refractivity contribution in [3.8, 4) is 0 Å². The van der Waals surface area contributed by atoms with Crippen LogP contribution in [0.15, 0.2) is 33.5 Å². The normalized spacial score (nSPS) is 18.0. The first-order valence-electron chi connectivity index (χ1n) is 10.2. The molecule has 5 rings (SSSR count). The predicted molar refractivity (Wildman–Crippen MR) is 112 cm³/mol. The molecule has 3 N–H and O–H groups in total. The average molecular weight is 392 g/mol. The lowest BCUT2D eigenvalue weighted by molar-refractivity contribution is 0.446. The lowest BCUT2D eigenvalue weighted by Gasteiger charge is -2.37. The average Bonchev–Trinajstić information content (AvgIpc) is 3.11. The largest absolute Gasteiger partial charge is 0.423 e. The predicted octanol–water partition coefficient (Wildman–Crippen LogP) is 3.26. The highest BCUT2D eigenvalue weighted by molar-refractivity contribution is 5.83. The van der Waals surface area contributed by atoms with Crippen LogP contribution < -0.4 is 15.8 Å². The van der Waals surface area contributed by atoms with Crippen LogP contribution in [0.2, 0.25) is 0 Å². The van der Waals surface area contributed by atoms with Crippen molar-refractivity contribution in [2.45, 2.75) is 44.1 Å². The van der Waals surface area contributed by atoms with Gasteiger partial charge in [0.15, 0.2) is 5.58 Å². The Morgan fingerprint density at radius 1 is 1.17 bits per heavy atom. The number of rotatable bonds is 5. The zero-order valence-corrected chi connectivity index (χ0v) is 16.1. The summed E-state index contributed by atoms with van der Waals surface area (Å²) in [5.41, 5.74) is 1.65.